The van der Waals surface area contributed by atoms with Gasteiger partial charge in [-0.2, -0.15) is 4.31 Å². The van der Waals surface area contributed by atoms with E-state index >= 15 is 0 Å². The predicted octanol–water partition coefficient (Wildman–Crippen LogP) is 2.89. The molecule has 0 amide bonds. The van der Waals surface area contributed by atoms with E-state index in [1.54, 1.807) is 12.1 Å². The van der Waals surface area contributed by atoms with E-state index < -0.39 is 28.1 Å². The molecule has 1 aliphatic rings. The number of aryl methyl sites for hydroxylation is 2. The summed E-state index contributed by atoms with van der Waals surface area (Å²) in [7, 11) is -3.97. The van der Waals surface area contributed by atoms with Crippen LogP contribution in [0.15, 0.2) is 51.3 Å². The quantitative estimate of drug-likeness (QED) is 0.561. The van der Waals surface area contributed by atoms with Gasteiger partial charge in [0.1, 0.15) is 24.6 Å². The van der Waals surface area contributed by atoms with Gasteiger partial charge in [0.25, 0.3) is 0 Å². The molecule has 4 rings (SSSR count). The van der Waals surface area contributed by atoms with Crippen LogP contribution in [0.1, 0.15) is 23.2 Å². The van der Waals surface area contributed by atoms with E-state index in [-0.39, 0.29) is 24.5 Å². The average molecular weight is 463 g/mol. The first-order valence-corrected chi connectivity index (χ1v) is 12.0. The Labute approximate surface area is 184 Å². The van der Waals surface area contributed by atoms with Crippen molar-refractivity contribution >= 4 is 27.3 Å². The van der Waals surface area contributed by atoms with Gasteiger partial charge >= 0.3 is 5.97 Å². The van der Waals surface area contributed by atoms with Crippen LogP contribution in [0.25, 0.3) is 10.8 Å². The van der Waals surface area contributed by atoms with E-state index in [1.165, 1.54) is 23.7 Å². The van der Waals surface area contributed by atoms with E-state index in [2.05, 4.69) is 4.98 Å². The summed E-state index contributed by atoms with van der Waals surface area (Å²) < 4.78 is 38.0. The maximum absolute atomic E-state index is 13.1. The zero-order chi connectivity index (χ0) is 22.2. The summed E-state index contributed by atoms with van der Waals surface area (Å²) in [4.78, 5) is 17.9. The first-order valence-electron chi connectivity index (χ1n) is 9.68. The van der Waals surface area contributed by atoms with Crippen LogP contribution in [0.3, 0.4) is 0 Å². The number of aromatic nitrogens is 1. The number of hydrogen-bond donors (Lipinski definition) is 1. The molecule has 0 spiro atoms. The van der Waals surface area contributed by atoms with Crippen molar-refractivity contribution in [2.45, 2.75) is 43.9 Å². The number of benzene rings is 1. The molecule has 8 nitrogen and oxygen atoms in total. The molecule has 1 aliphatic heterocycles. The van der Waals surface area contributed by atoms with E-state index in [0.717, 1.165) is 20.3 Å². The third-order valence-electron chi connectivity index (χ3n) is 5.24. The zero-order valence-electron chi connectivity index (χ0n) is 17.0. The van der Waals surface area contributed by atoms with Crippen molar-refractivity contribution < 1.29 is 27.5 Å². The Kier molecular flexibility index (Phi) is 5.98. The summed E-state index contributed by atoms with van der Waals surface area (Å²) in [5, 5.41) is 12.0. The smallest absolute Gasteiger partial charge is 0.324 e. The van der Waals surface area contributed by atoms with Crippen molar-refractivity contribution in [2.75, 3.05) is 6.54 Å². The molecule has 0 radical (unpaired) electrons. The number of hydrogen-bond acceptors (Lipinski definition) is 8. The highest BCUT2D eigenvalue weighted by molar-refractivity contribution is 7.89. The molecule has 164 valence electrons. The van der Waals surface area contributed by atoms with E-state index in [9.17, 15) is 18.3 Å². The van der Waals surface area contributed by atoms with Gasteiger partial charge in [0.15, 0.2) is 0 Å². The normalized spacial score (nSPS) is 19.6. The number of β-amino-alcohol motifs (C(OH)–C–C–N with tert-alkyl or cyclic N) is 1. The Morgan fingerprint density at radius 3 is 2.84 bits per heavy atom. The molecule has 3 heterocycles. The van der Waals surface area contributed by atoms with Gasteiger partial charge in [0.2, 0.25) is 15.9 Å². The molecule has 1 fully saturated rings. The van der Waals surface area contributed by atoms with Gasteiger partial charge in [-0.3, -0.25) is 4.79 Å². The molecule has 2 aromatic heterocycles. The molecular weight excluding hydrogens is 440 g/mol. The maximum Gasteiger partial charge on any atom is 0.324 e. The number of aliphatic hydroxyl groups is 1. The lowest BCUT2D eigenvalue weighted by molar-refractivity contribution is -0.149. The van der Waals surface area contributed by atoms with Crippen molar-refractivity contribution in [2.24, 2.45) is 0 Å². The third kappa shape index (κ3) is 4.42. The van der Waals surface area contributed by atoms with E-state index in [1.807, 2.05) is 31.4 Å². The predicted molar refractivity (Wildman–Crippen MR) is 114 cm³/mol. The van der Waals surface area contributed by atoms with Crippen molar-refractivity contribution in [1.82, 2.24) is 9.29 Å². The largest absolute Gasteiger partial charge is 0.458 e. The number of carbonyl (C=O) groups excluding carboxylic acids is 1. The number of aliphatic hydroxyl groups excluding tert-OH is 1. The number of thiophene rings is 1. The summed E-state index contributed by atoms with van der Waals surface area (Å²) in [6.07, 6.45) is 0.425. The fourth-order valence-corrected chi connectivity index (χ4v) is 5.77. The van der Waals surface area contributed by atoms with Crippen LogP contribution >= 0.6 is 11.3 Å². The molecule has 0 saturated carbocycles. The van der Waals surface area contributed by atoms with Gasteiger partial charge in [-0.25, -0.2) is 13.4 Å². The molecule has 2 unspecified atom stereocenters. The molecular formula is C21H22N2O6S2. The van der Waals surface area contributed by atoms with Gasteiger partial charge in [-0.15, -0.1) is 11.3 Å². The monoisotopic (exact) mass is 462 g/mol. The SMILES string of the molecule is Cc1ccc(S(=O)(=O)N2CC(O)CC2C(=O)OCc2coc(-c3cccs3)n2)cc1C. The van der Waals surface area contributed by atoms with Crippen molar-refractivity contribution in [3.05, 3.63) is 58.8 Å². The van der Waals surface area contributed by atoms with Crippen LogP contribution in [0, 0.1) is 13.8 Å². The summed E-state index contributed by atoms with van der Waals surface area (Å²) in [6.45, 7) is 3.39. The summed E-state index contributed by atoms with van der Waals surface area (Å²) >= 11 is 1.47. The summed E-state index contributed by atoms with van der Waals surface area (Å²) in [6, 6.07) is 7.43. The van der Waals surface area contributed by atoms with Crippen LogP contribution < -0.4 is 0 Å². The highest BCUT2D eigenvalue weighted by Crippen LogP contribution is 2.29. The van der Waals surface area contributed by atoms with Crippen LogP contribution in [0.4, 0.5) is 0 Å². The Morgan fingerprint density at radius 1 is 1.32 bits per heavy atom. The van der Waals surface area contributed by atoms with Gasteiger partial charge in [0.05, 0.1) is 15.9 Å². The molecule has 31 heavy (non-hydrogen) atoms. The van der Waals surface area contributed by atoms with Crippen molar-refractivity contribution in [1.29, 1.82) is 0 Å². The molecule has 2 atom stereocenters. The molecule has 3 aromatic rings. The topological polar surface area (TPSA) is 110 Å². The molecule has 1 saturated heterocycles. The highest BCUT2D eigenvalue weighted by atomic mass is 32.2. The standard InChI is InChI=1S/C21H22N2O6S2/c1-13-5-6-17(8-14(13)2)31(26,27)23-10-16(24)9-18(23)21(25)29-12-15-11-28-20(22-15)19-4-3-7-30-19/h3-8,11,16,18,24H,9-10,12H2,1-2H3. The Balaban J connectivity index is 1.48. The fourth-order valence-electron chi connectivity index (χ4n) is 3.40. The van der Waals surface area contributed by atoms with Gasteiger partial charge < -0.3 is 14.3 Å². The summed E-state index contributed by atoms with van der Waals surface area (Å²) in [5.74, 6) is -0.305. The van der Waals surface area contributed by atoms with Gasteiger partial charge in [0, 0.05) is 13.0 Å². The number of esters is 1. The second-order valence-electron chi connectivity index (χ2n) is 7.46. The molecule has 1 N–H and O–H groups in total. The number of rotatable bonds is 6. The minimum Gasteiger partial charge on any atom is -0.458 e. The summed E-state index contributed by atoms with van der Waals surface area (Å²) in [5.41, 5.74) is 2.21. The van der Waals surface area contributed by atoms with Gasteiger partial charge in [-0.1, -0.05) is 12.1 Å². The molecule has 0 aliphatic carbocycles. The number of oxazole rings is 1. The minimum absolute atomic E-state index is 0.0256. The van der Waals surface area contributed by atoms with Crippen LogP contribution in [0.5, 0.6) is 0 Å². The maximum atomic E-state index is 13.1. The fraction of sp³-hybridized carbons (Fsp3) is 0.333. The third-order valence-corrected chi connectivity index (χ3v) is 7.97. The molecule has 1 aromatic carbocycles. The number of carbonyl (C=O) groups is 1. The highest BCUT2D eigenvalue weighted by Gasteiger charge is 2.44. The molecule has 0 bridgehead atoms. The first-order chi connectivity index (χ1) is 14.8. The van der Waals surface area contributed by atoms with Crippen LogP contribution in [0.2, 0.25) is 0 Å². The number of ether oxygens (including phenoxy) is 1. The Bertz CT molecular complexity index is 1190. The first kappa shape index (κ1) is 21.7. The zero-order valence-corrected chi connectivity index (χ0v) is 18.6. The lowest BCUT2D eigenvalue weighted by atomic mass is 10.1. The van der Waals surface area contributed by atoms with E-state index in [4.69, 9.17) is 9.15 Å². The van der Waals surface area contributed by atoms with Crippen molar-refractivity contribution in [3.63, 3.8) is 0 Å². The second-order valence-corrected chi connectivity index (χ2v) is 10.3. The average Bonchev–Trinajstić information content (AvgIpc) is 3.48. The van der Waals surface area contributed by atoms with Crippen LogP contribution in [-0.2, 0) is 26.2 Å². The van der Waals surface area contributed by atoms with Gasteiger partial charge in [-0.05, 0) is 48.6 Å². The van der Waals surface area contributed by atoms with E-state index in [0.29, 0.717) is 11.6 Å². The lowest BCUT2D eigenvalue weighted by Crippen LogP contribution is -2.41. The Morgan fingerprint density at radius 2 is 2.13 bits per heavy atom. The number of nitrogens with zero attached hydrogens (tertiary/aromatic N) is 2. The Hall–Kier alpha value is -2.53. The lowest BCUT2D eigenvalue weighted by Gasteiger charge is -2.22. The minimum atomic E-state index is -3.97. The number of sulfonamides is 1. The van der Waals surface area contributed by atoms with Crippen molar-refractivity contribution in [3.8, 4) is 10.8 Å². The second kappa shape index (κ2) is 8.54. The molecule has 10 heteroatoms. The van der Waals surface area contributed by atoms with Crippen LogP contribution in [-0.4, -0.2) is 47.5 Å².